The molecule has 2 atom stereocenters. The first-order chi connectivity index (χ1) is 14.9. The number of nitrogens with one attached hydrogen (secondary N) is 1. The van der Waals surface area contributed by atoms with Gasteiger partial charge >= 0.3 is 6.01 Å². The molecule has 1 saturated heterocycles. The fourth-order valence-electron chi connectivity index (χ4n) is 3.63. The fraction of sp³-hybridized carbons (Fsp3) is 0.429. The molecular weight excluding hydrogens is 398 g/mol. The zero-order valence-corrected chi connectivity index (χ0v) is 18.4. The molecule has 0 amide bonds. The Kier molecular flexibility index (Phi) is 5.90. The van der Waals surface area contributed by atoms with E-state index in [1.54, 1.807) is 20.5 Å². The van der Waals surface area contributed by atoms with Gasteiger partial charge in [-0.25, -0.2) is 4.98 Å². The molecule has 1 aliphatic rings. The van der Waals surface area contributed by atoms with Gasteiger partial charge in [-0.2, -0.15) is 15.0 Å². The zero-order chi connectivity index (χ0) is 22.0. The highest BCUT2D eigenvalue weighted by molar-refractivity contribution is 5.62. The van der Waals surface area contributed by atoms with Gasteiger partial charge in [0, 0.05) is 31.0 Å². The molecule has 3 heterocycles. The molecule has 31 heavy (non-hydrogen) atoms. The zero-order valence-electron chi connectivity index (χ0n) is 18.4. The van der Waals surface area contributed by atoms with Crippen LogP contribution in [-0.2, 0) is 4.74 Å². The summed E-state index contributed by atoms with van der Waals surface area (Å²) < 4.78 is 18.6. The van der Waals surface area contributed by atoms with Crippen molar-refractivity contribution >= 4 is 17.6 Å². The Balaban J connectivity index is 1.61. The van der Waals surface area contributed by atoms with Crippen molar-refractivity contribution in [3.63, 3.8) is 0 Å². The lowest BCUT2D eigenvalue weighted by atomic mass is 10.2. The number of morpholine rings is 1. The third kappa shape index (κ3) is 4.69. The first-order valence-electron chi connectivity index (χ1n) is 10.1. The number of hydrogen-bond acceptors (Lipinski definition) is 9. The quantitative estimate of drug-likeness (QED) is 0.639. The molecular formula is C21H27N7O3. The molecule has 0 radical (unpaired) electrons. The SMILES string of the molecule is COc1nc(Nc2ccc(-n3cnc(C)c3)c(OC)c2)nc(N2C[C@@H](C)O[C@@H](C)C2)n1. The molecule has 3 aromatic rings. The number of benzene rings is 1. The maximum absolute atomic E-state index is 5.81. The van der Waals surface area contributed by atoms with Crippen LogP contribution >= 0.6 is 0 Å². The van der Waals surface area contributed by atoms with Gasteiger partial charge in [-0.05, 0) is 32.9 Å². The largest absolute Gasteiger partial charge is 0.494 e. The molecule has 0 spiro atoms. The summed E-state index contributed by atoms with van der Waals surface area (Å²) in [5.74, 6) is 1.63. The Hall–Kier alpha value is -3.40. The minimum Gasteiger partial charge on any atom is -0.494 e. The smallest absolute Gasteiger partial charge is 0.322 e. The van der Waals surface area contributed by atoms with Crippen molar-refractivity contribution in [1.82, 2.24) is 24.5 Å². The number of aryl methyl sites for hydroxylation is 1. The van der Waals surface area contributed by atoms with Crippen LogP contribution in [0.25, 0.3) is 5.69 Å². The van der Waals surface area contributed by atoms with E-state index >= 15 is 0 Å². The summed E-state index contributed by atoms with van der Waals surface area (Å²) in [6, 6.07) is 6.02. The first kappa shape index (κ1) is 20.9. The Labute approximate surface area is 181 Å². The maximum atomic E-state index is 5.81. The van der Waals surface area contributed by atoms with Crippen LogP contribution in [0.1, 0.15) is 19.5 Å². The Bertz CT molecular complexity index is 1050. The van der Waals surface area contributed by atoms with E-state index < -0.39 is 0 Å². The molecule has 1 aromatic carbocycles. The van der Waals surface area contributed by atoms with E-state index in [0.717, 1.165) is 17.1 Å². The normalized spacial score (nSPS) is 18.7. The highest BCUT2D eigenvalue weighted by atomic mass is 16.5. The number of imidazole rings is 1. The summed E-state index contributed by atoms with van der Waals surface area (Å²) >= 11 is 0. The van der Waals surface area contributed by atoms with E-state index in [2.05, 4.69) is 30.2 Å². The number of hydrogen-bond donors (Lipinski definition) is 1. The summed E-state index contributed by atoms with van der Waals surface area (Å²) in [4.78, 5) is 19.7. The number of rotatable bonds is 6. The second-order valence-corrected chi connectivity index (χ2v) is 7.54. The van der Waals surface area contributed by atoms with E-state index in [1.807, 2.05) is 49.7 Å². The number of methoxy groups -OCH3 is 2. The van der Waals surface area contributed by atoms with Crippen molar-refractivity contribution < 1.29 is 14.2 Å². The number of aromatic nitrogens is 5. The molecule has 4 rings (SSSR count). The Morgan fingerprint density at radius 1 is 1.06 bits per heavy atom. The minimum absolute atomic E-state index is 0.0894. The molecule has 0 saturated carbocycles. The third-order valence-corrected chi connectivity index (χ3v) is 4.91. The van der Waals surface area contributed by atoms with E-state index in [9.17, 15) is 0 Å². The molecule has 0 unspecified atom stereocenters. The van der Waals surface area contributed by atoms with Gasteiger partial charge in [-0.3, -0.25) is 0 Å². The summed E-state index contributed by atoms with van der Waals surface area (Å²) in [7, 11) is 3.18. The summed E-state index contributed by atoms with van der Waals surface area (Å²) in [5.41, 5.74) is 2.60. The van der Waals surface area contributed by atoms with E-state index in [-0.39, 0.29) is 18.2 Å². The monoisotopic (exact) mass is 425 g/mol. The highest BCUT2D eigenvalue weighted by Gasteiger charge is 2.25. The second-order valence-electron chi connectivity index (χ2n) is 7.54. The van der Waals surface area contributed by atoms with Crippen LogP contribution in [0.3, 0.4) is 0 Å². The van der Waals surface area contributed by atoms with Crippen molar-refractivity contribution in [1.29, 1.82) is 0 Å². The van der Waals surface area contributed by atoms with E-state index in [1.165, 1.54) is 0 Å². The number of anilines is 3. The van der Waals surface area contributed by atoms with Crippen LogP contribution in [0.5, 0.6) is 11.8 Å². The minimum atomic E-state index is 0.0894. The molecule has 164 valence electrons. The average molecular weight is 425 g/mol. The van der Waals surface area contributed by atoms with Crippen molar-refractivity contribution in [2.75, 3.05) is 37.5 Å². The molecule has 10 heteroatoms. The standard InChI is InChI=1S/C21H27N7O3/c1-13-9-28(12-22-13)17-7-6-16(8-18(17)29-4)23-19-24-20(26-21(25-19)30-5)27-10-14(2)31-15(3)11-27/h6-9,12,14-15H,10-11H2,1-5H3,(H,23,24,25,26)/t14-,15+. The van der Waals surface area contributed by atoms with Gasteiger partial charge in [0.2, 0.25) is 11.9 Å². The summed E-state index contributed by atoms with van der Waals surface area (Å²) in [6.45, 7) is 7.42. The van der Waals surface area contributed by atoms with Crippen LogP contribution in [0, 0.1) is 6.92 Å². The molecule has 0 aliphatic carbocycles. The van der Waals surface area contributed by atoms with Crippen LogP contribution in [-0.4, -0.2) is 64.0 Å². The highest BCUT2D eigenvalue weighted by Crippen LogP contribution is 2.29. The molecule has 10 nitrogen and oxygen atoms in total. The maximum Gasteiger partial charge on any atom is 0.322 e. The van der Waals surface area contributed by atoms with Gasteiger partial charge in [0.25, 0.3) is 0 Å². The van der Waals surface area contributed by atoms with Gasteiger partial charge in [0.15, 0.2) is 0 Å². The lowest BCUT2D eigenvalue weighted by Gasteiger charge is -2.35. The van der Waals surface area contributed by atoms with Crippen LogP contribution < -0.4 is 19.7 Å². The van der Waals surface area contributed by atoms with Crippen molar-refractivity contribution in [3.05, 3.63) is 36.4 Å². The molecule has 2 aromatic heterocycles. The molecule has 1 fully saturated rings. The topological polar surface area (TPSA) is 99.5 Å². The first-order valence-corrected chi connectivity index (χ1v) is 10.1. The Morgan fingerprint density at radius 2 is 1.84 bits per heavy atom. The Morgan fingerprint density at radius 3 is 2.48 bits per heavy atom. The van der Waals surface area contributed by atoms with Crippen LogP contribution in [0.2, 0.25) is 0 Å². The van der Waals surface area contributed by atoms with Crippen molar-refractivity contribution in [3.8, 4) is 17.4 Å². The van der Waals surface area contributed by atoms with Gasteiger partial charge in [0.1, 0.15) is 5.75 Å². The van der Waals surface area contributed by atoms with Gasteiger partial charge in [-0.15, -0.1) is 0 Å². The van der Waals surface area contributed by atoms with Crippen LogP contribution in [0.4, 0.5) is 17.6 Å². The predicted octanol–water partition coefficient (Wildman–Crippen LogP) is 2.74. The molecule has 1 aliphatic heterocycles. The third-order valence-electron chi connectivity index (χ3n) is 4.91. The average Bonchev–Trinajstić information content (AvgIpc) is 3.18. The van der Waals surface area contributed by atoms with E-state index in [0.29, 0.717) is 30.7 Å². The van der Waals surface area contributed by atoms with Gasteiger partial charge in [0.05, 0.1) is 44.1 Å². The van der Waals surface area contributed by atoms with Crippen molar-refractivity contribution in [2.24, 2.45) is 0 Å². The lowest BCUT2D eigenvalue weighted by molar-refractivity contribution is -0.00576. The van der Waals surface area contributed by atoms with Crippen LogP contribution in [0.15, 0.2) is 30.7 Å². The fourth-order valence-corrected chi connectivity index (χ4v) is 3.63. The van der Waals surface area contributed by atoms with E-state index in [4.69, 9.17) is 14.2 Å². The lowest BCUT2D eigenvalue weighted by Crippen LogP contribution is -2.46. The summed E-state index contributed by atoms with van der Waals surface area (Å²) in [5, 5.41) is 3.23. The van der Waals surface area contributed by atoms with Gasteiger partial charge in [-0.1, -0.05) is 0 Å². The molecule has 0 bridgehead atoms. The van der Waals surface area contributed by atoms with Gasteiger partial charge < -0.3 is 29.0 Å². The predicted molar refractivity (Wildman–Crippen MR) is 117 cm³/mol. The molecule has 1 N–H and O–H groups in total. The number of ether oxygens (including phenoxy) is 3. The number of nitrogens with zero attached hydrogens (tertiary/aromatic N) is 6. The second kappa shape index (κ2) is 8.76. The van der Waals surface area contributed by atoms with Crippen molar-refractivity contribution in [2.45, 2.75) is 33.0 Å². The summed E-state index contributed by atoms with van der Waals surface area (Å²) in [6.07, 6.45) is 3.88.